The molecule has 1 atom stereocenters. The predicted molar refractivity (Wildman–Crippen MR) is 58.1 cm³/mol. The van der Waals surface area contributed by atoms with E-state index in [9.17, 15) is 9.18 Å². The van der Waals surface area contributed by atoms with Gasteiger partial charge in [0.25, 0.3) is 0 Å². The molecular formula is C11H10FN3O2. The second-order valence-electron chi connectivity index (χ2n) is 3.51. The van der Waals surface area contributed by atoms with E-state index in [1.54, 1.807) is 12.1 Å². The first kappa shape index (κ1) is 11.3. The topological polar surface area (TPSA) is 81.1 Å². The summed E-state index contributed by atoms with van der Waals surface area (Å²) in [7, 11) is 0. The van der Waals surface area contributed by atoms with Gasteiger partial charge in [-0.25, -0.2) is 9.07 Å². The Hall–Kier alpha value is -2.21. The molecule has 5 nitrogen and oxygen atoms in total. The number of aromatic nitrogens is 2. The molecule has 17 heavy (non-hydrogen) atoms. The van der Waals surface area contributed by atoms with Crippen molar-refractivity contribution < 1.29 is 14.3 Å². The zero-order valence-electron chi connectivity index (χ0n) is 8.75. The zero-order valence-corrected chi connectivity index (χ0v) is 8.75. The van der Waals surface area contributed by atoms with Crippen molar-refractivity contribution in [2.75, 3.05) is 0 Å². The summed E-state index contributed by atoms with van der Waals surface area (Å²) in [5.41, 5.74) is 6.30. The van der Waals surface area contributed by atoms with Gasteiger partial charge < -0.3 is 10.8 Å². The molecule has 0 amide bonds. The van der Waals surface area contributed by atoms with E-state index in [1.165, 1.54) is 29.2 Å². The molecule has 1 unspecified atom stereocenters. The van der Waals surface area contributed by atoms with Crippen LogP contribution in [0.2, 0.25) is 0 Å². The second-order valence-corrected chi connectivity index (χ2v) is 3.51. The van der Waals surface area contributed by atoms with Crippen LogP contribution in [-0.4, -0.2) is 20.9 Å². The number of carboxylic acids is 1. The lowest BCUT2D eigenvalue weighted by molar-refractivity contribution is -0.138. The third kappa shape index (κ3) is 2.31. The van der Waals surface area contributed by atoms with Crippen LogP contribution in [-0.2, 0) is 4.79 Å². The van der Waals surface area contributed by atoms with Crippen LogP contribution in [0.25, 0.3) is 5.69 Å². The Bertz CT molecular complexity index is 553. The number of carboxylic acid groups (broad SMARTS) is 1. The average Bonchev–Trinajstić information content (AvgIpc) is 2.77. The molecule has 0 saturated heterocycles. The Morgan fingerprint density at radius 1 is 1.53 bits per heavy atom. The van der Waals surface area contributed by atoms with Crippen molar-refractivity contribution in [3.8, 4) is 5.69 Å². The van der Waals surface area contributed by atoms with Crippen molar-refractivity contribution in [2.45, 2.75) is 6.04 Å². The molecule has 2 aromatic rings. The Labute approximate surface area is 96.3 Å². The fraction of sp³-hybridized carbons (Fsp3) is 0.0909. The highest BCUT2D eigenvalue weighted by atomic mass is 19.1. The maximum Gasteiger partial charge on any atom is 0.325 e. The molecule has 0 spiro atoms. The molecule has 3 N–H and O–H groups in total. The van der Waals surface area contributed by atoms with E-state index < -0.39 is 12.0 Å². The summed E-state index contributed by atoms with van der Waals surface area (Å²) in [6.45, 7) is 0. The molecule has 0 aliphatic carbocycles. The molecule has 1 aromatic carbocycles. The maximum absolute atomic E-state index is 13.0. The Kier molecular flexibility index (Phi) is 2.88. The third-order valence-corrected chi connectivity index (χ3v) is 2.30. The minimum atomic E-state index is -1.14. The quantitative estimate of drug-likeness (QED) is 0.834. The molecule has 6 heteroatoms. The van der Waals surface area contributed by atoms with Gasteiger partial charge in [0.05, 0.1) is 11.9 Å². The Morgan fingerprint density at radius 3 is 2.94 bits per heavy atom. The van der Waals surface area contributed by atoms with Gasteiger partial charge in [-0.1, -0.05) is 6.07 Å². The highest BCUT2D eigenvalue weighted by Crippen LogP contribution is 2.13. The van der Waals surface area contributed by atoms with E-state index in [-0.39, 0.29) is 5.82 Å². The Balaban J connectivity index is 2.33. The standard InChI is InChI=1S/C11H10FN3O2/c12-8-2-1-3-9(4-8)15-6-7(5-14-15)10(13)11(16)17/h1-6,10H,13H2,(H,16,17). The van der Waals surface area contributed by atoms with Gasteiger partial charge in [-0.3, -0.25) is 4.79 Å². The van der Waals surface area contributed by atoms with E-state index in [0.717, 1.165) is 0 Å². The maximum atomic E-state index is 13.0. The third-order valence-electron chi connectivity index (χ3n) is 2.30. The molecule has 0 fully saturated rings. The highest BCUT2D eigenvalue weighted by Gasteiger charge is 2.16. The number of hydrogen-bond acceptors (Lipinski definition) is 3. The first-order chi connectivity index (χ1) is 8.08. The van der Waals surface area contributed by atoms with Crippen LogP contribution in [0.15, 0.2) is 36.7 Å². The molecule has 0 aliphatic heterocycles. The second kappa shape index (κ2) is 4.34. The van der Waals surface area contributed by atoms with E-state index >= 15 is 0 Å². The van der Waals surface area contributed by atoms with Gasteiger partial charge in [0, 0.05) is 11.8 Å². The van der Waals surface area contributed by atoms with E-state index in [0.29, 0.717) is 11.3 Å². The molecule has 0 bridgehead atoms. The van der Waals surface area contributed by atoms with Gasteiger partial charge in [-0.05, 0) is 18.2 Å². The zero-order chi connectivity index (χ0) is 12.4. The highest BCUT2D eigenvalue weighted by molar-refractivity contribution is 5.74. The van der Waals surface area contributed by atoms with E-state index in [4.69, 9.17) is 10.8 Å². The summed E-state index contributed by atoms with van der Waals surface area (Å²) in [6, 6.07) is 4.69. The first-order valence-electron chi connectivity index (χ1n) is 4.87. The minimum absolute atomic E-state index is 0.363. The van der Waals surface area contributed by atoms with Gasteiger partial charge in [0.2, 0.25) is 0 Å². The van der Waals surface area contributed by atoms with Gasteiger partial charge >= 0.3 is 5.97 Å². The number of nitrogens with zero attached hydrogens (tertiary/aromatic N) is 2. The number of rotatable bonds is 3. The normalized spacial score (nSPS) is 12.4. The van der Waals surface area contributed by atoms with Crippen LogP contribution < -0.4 is 5.73 Å². The van der Waals surface area contributed by atoms with Gasteiger partial charge in [-0.15, -0.1) is 0 Å². The number of nitrogens with two attached hydrogens (primary N) is 1. The Morgan fingerprint density at radius 2 is 2.29 bits per heavy atom. The van der Waals surface area contributed by atoms with Crippen LogP contribution >= 0.6 is 0 Å². The van der Waals surface area contributed by atoms with Crippen molar-refractivity contribution in [3.63, 3.8) is 0 Å². The number of benzene rings is 1. The smallest absolute Gasteiger partial charge is 0.325 e. The number of halogens is 1. The van der Waals surface area contributed by atoms with Crippen LogP contribution in [0.5, 0.6) is 0 Å². The first-order valence-corrected chi connectivity index (χ1v) is 4.87. The minimum Gasteiger partial charge on any atom is -0.480 e. The average molecular weight is 235 g/mol. The lowest BCUT2D eigenvalue weighted by Gasteiger charge is -2.02. The van der Waals surface area contributed by atoms with E-state index in [1.807, 2.05) is 0 Å². The van der Waals surface area contributed by atoms with Crippen LogP contribution in [0.4, 0.5) is 4.39 Å². The van der Waals surface area contributed by atoms with Crippen LogP contribution in [0.1, 0.15) is 11.6 Å². The number of aliphatic carboxylic acids is 1. The molecule has 1 heterocycles. The molecular weight excluding hydrogens is 225 g/mol. The number of carbonyl (C=O) groups is 1. The predicted octanol–water partition coefficient (Wildman–Crippen LogP) is 1.10. The molecule has 1 aromatic heterocycles. The summed E-state index contributed by atoms with van der Waals surface area (Å²) >= 11 is 0. The number of hydrogen-bond donors (Lipinski definition) is 2. The van der Waals surface area contributed by atoms with Crippen LogP contribution in [0.3, 0.4) is 0 Å². The SMILES string of the molecule is NC(C(=O)O)c1cnn(-c2cccc(F)c2)c1. The summed E-state index contributed by atoms with van der Waals surface area (Å²) in [5.74, 6) is -1.52. The summed E-state index contributed by atoms with van der Waals surface area (Å²) in [4.78, 5) is 10.7. The van der Waals surface area contributed by atoms with Crippen molar-refractivity contribution in [1.82, 2.24) is 9.78 Å². The van der Waals surface area contributed by atoms with Gasteiger partial charge in [-0.2, -0.15) is 5.10 Å². The molecule has 88 valence electrons. The lowest BCUT2D eigenvalue weighted by atomic mass is 10.2. The summed E-state index contributed by atoms with van der Waals surface area (Å²) < 4.78 is 14.4. The molecule has 0 aliphatic rings. The monoisotopic (exact) mass is 235 g/mol. The van der Waals surface area contributed by atoms with Gasteiger partial charge in [0.1, 0.15) is 11.9 Å². The van der Waals surface area contributed by atoms with E-state index in [2.05, 4.69) is 5.10 Å². The fourth-order valence-corrected chi connectivity index (χ4v) is 1.40. The molecule has 0 saturated carbocycles. The molecule has 2 rings (SSSR count). The molecule has 0 radical (unpaired) electrons. The fourth-order valence-electron chi connectivity index (χ4n) is 1.40. The largest absolute Gasteiger partial charge is 0.480 e. The summed E-state index contributed by atoms with van der Waals surface area (Å²) in [6.07, 6.45) is 2.82. The summed E-state index contributed by atoms with van der Waals surface area (Å²) in [5, 5.41) is 12.7. The van der Waals surface area contributed by atoms with Crippen molar-refractivity contribution in [1.29, 1.82) is 0 Å². The van der Waals surface area contributed by atoms with Gasteiger partial charge in [0.15, 0.2) is 0 Å². The van der Waals surface area contributed by atoms with Crippen molar-refractivity contribution >= 4 is 5.97 Å². The van der Waals surface area contributed by atoms with Crippen molar-refractivity contribution in [2.24, 2.45) is 5.73 Å². The lowest BCUT2D eigenvalue weighted by Crippen LogP contribution is -2.19. The van der Waals surface area contributed by atoms with Crippen LogP contribution in [0, 0.1) is 5.82 Å². The van der Waals surface area contributed by atoms with Crippen molar-refractivity contribution in [3.05, 3.63) is 48.0 Å².